The SMILES string of the molecule is O=C(O)CC(F)C(F)(F)C(F)(F)C(F)(F)C(F)(F)C(F)(F)C(F)(F)C(F)(F)F. The van der Waals surface area contributed by atoms with Gasteiger partial charge in [0.15, 0.2) is 6.17 Å². The molecule has 0 aromatic rings. The summed E-state index contributed by atoms with van der Waals surface area (Å²) >= 11 is 0. The van der Waals surface area contributed by atoms with E-state index in [9.17, 15) is 75.0 Å². The van der Waals surface area contributed by atoms with E-state index in [1.807, 2.05) is 0 Å². The van der Waals surface area contributed by atoms with Crippen LogP contribution in [-0.2, 0) is 4.79 Å². The summed E-state index contributed by atoms with van der Waals surface area (Å²) in [4.78, 5) is 9.93. The van der Waals surface area contributed by atoms with Crippen molar-refractivity contribution in [2.24, 2.45) is 0 Å². The van der Waals surface area contributed by atoms with Crippen LogP contribution >= 0.6 is 0 Å². The molecule has 18 heteroatoms. The fourth-order valence-electron chi connectivity index (χ4n) is 1.46. The van der Waals surface area contributed by atoms with Crippen LogP contribution in [0, 0.1) is 0 Å². The Morgan fingerprint density at radius 3 is 1.18 bits per heavy atom. The van der Waals surface area contributed by atoms with Gasteiger partial charge < -0.3 is 5.11 Å². The molecule has 28 heavy (non-hydrogen) atoms. The highest BCUT2D eigenvalue weighted by atomic mass is 19.4. The fraction of sp³-hybridized carbons (Fsp3) is 0.900. The smallest absolute Gasteiger partial charge is 0.460 e. The molecule has 0 saturated carbocycles. The molecule has 0 radical (unpaired) electrons. The van der Waals surface area contributed by atoms with Gasteiger partial charge in [-0.3, -0.25) is 4.79 Å². The van der Waals surface area contributed by atoms with Gasteiger partial charge in [0.2, 0.25) is 0 Å². The van der Waals surface area contributed by atoms with Gasteiger partial charge in [-0.2, -0.15) is 65.9 Å². The lowest BCUT2D eigenvalue weighted by Crippen LogP contribution is -2.73. The minimum Gasteiger partial charge on any atom is -0.481 e. The van der Waals surface area contributed by atoms with Gasteiger partial charge in [0.05, 0.1) is 6.42 Å². The second-order valence-electron chi connectivity index (χ2n) is 5.06. The number of alkyl halides is 16. The summed E-state index contributed by atoms with van der Waals surface area (Å²) in [7, 11) is 0. The Kier molecular flexibility index (Phi) is 6.31. The standard InChI is InChI=1S/C10H4F16O2/c11-2(1-3(27)28)4(12,13)5(14,15)6(16,17)7(18,19)8(20,21)9(22,23)10(24,25)26/h2H,1H2,(H,27,28). The van der Waals surface area contributed by atoms with Crippen LogP contribution in [0.5, 0.6) is 0 Å². The molecule has 0 rings (SSSR count). The summed E-state index contributed by atoms with van der Waals surface area (Å²) < 4.78 is 203. The zero-order valence-electron chi connectivity index (χ0n) is 12.2. The maximum atomic E-state index is 13.1. The highest BCUT2D eigenvalue weighted by molar-refractivity contribution is 5.67. The number of carbonyl (C=O) groups is 1. The van der Waals surface area contributed by atoms with Crippen LogP contribution in [0.15, 0.2) is 0 Å². The number of carboxylic acids is 1. The molecule has 0 amide bonds. The van der Waals surface area contributed by atoms with E-state index in [1.165, 1.54) is 0 Å². The van der Waals surface area contributed by atoms with E-state index in [-0.39, 0.29) is 0 Å². The topological polar surface area (TPSA) is 37.3 Å². The van der Waals surface area contributed by atoms with Crippen LogP contribution in [-0.4, -0.2) is 59.0 Å². The summed E-state index contributed by atoms with van der Waals surface area (Å²) in [5, 5.41) is 7.90. The van der Waals surface area contributed by atoms with Crippen molar-refractivity contribution in [1.29, 1.82) is 0 Å². The van der Waals surface area contributed by atoms with Crippen LogP contribution in [0.1, 0.15) is 6.42 Å². The quantitative estimate of drug-likeness (QED) is 0.508. The lowest BCUT2D eigenvalue weighted by molar-refractivity contribution is -0.454. The second-order valence-corrected chi connectivity index (χ2v) is 5.06. The van der Waals surface area contributed by atoms with Crippen molar-refractivity contribution in [1.82, 2.24) is 0 Å². The van der Waals surface area contributed by atoms with Crippen LogP contribution in [0.4, 0.5) is 70.2 Å². The van der Waals surface area contributed by atoms with Crippen molar-refractivity contribution in [2.75, 3.05) is 0 Å². The third-order valence-electron chi connectivity index (χ3n) is 3.10. The molecule has 0 aliphatic carbocycles. The summed E-state index contributed by atoms with van der Waals surface area (Å²) in [6.45, 7) is 0. The Hall–Kier alpha value is -1.65. The predicted octanol–water partition coefficient (Wildman–Crippen LogP) is 5.17. The van der Waals surface area contributed by atoms with E-state index in [4.69, 9.17) is 5.11 Å². The fourth-order valence-corrected chi connectivity index (χ4v) is 1.46. The molecule has 0 fully saturated rings. The lowest BCUT2D eigenvalue weighted by atomic mass is 9.89. The minimum absolute atomic E-state index is 2.74. The van der Waals surface area contributed by atoms with E-state index in [2.05, 4.69) is 0 Å². The Labute approximate surface area is 142 Å². The molecular formula is C10H4F16O2. The number of aliphatic carboxylic acids is 1. The lowest BCUT2D eigenvalue weighted by Gasteiger charge is -2.41. The zero-order chi connectivity index (χ0) is 23.4. The van der Waals surface area contributed by atoms with Crippen LogP contribution in [0.25, 0.3) is 0 Å². The van der Waals surface area contributed by atoms with Gasteiger partial charge in [-0.1, -0.05) is 0 Å². The third kappa shape index (κ3) is 3.42. The molecule has 1 atom stereocenters. The molecule has 0 spiro atoms. The van der Waals surface area contributed by atoms with Gasteiger partial charge in [0.1, 0.15) is 0 Å². The molecular weight excluding hydrogens is 456 g/mol. The first-order chi connectivity index (χ1) is 11.8. The molecule has 0 heterocycles. The van der Waals surface area contributed by atoms with Crippen molar-refractivity contribution < 1.29 is 80.1 Å². The van der Waals surface area contributed by atoms with Gasteiger partial charge in [0.25, 0.3) is 0 Å². The molecule has 0 aromatic carbocycles. The van der Waals surface area contributed by atoms with E-state index >= 15 is 0 Å². The average molecular weight is 460 g/mol. The maximum absolute atomic E-state index is 13.1. The first-order valence-electron chi connectivity index (χ1n) is 6.03. The second kappa shape index (κ2) is 6.70. The molecule has 0 saturated heterocycles. The van der Waals surface area contributed by atoms with Crippen molar-refractivity contribution in [3.05, 3.63) is 0 Å². The van der Waals surface area contributed by atoms with E-state index in [1.54, 1.807) is 0 Å². The van der Waals surface area contributed by atoms with Crippen molar-refractivity contribution in [3.63, 3.8) is 0 Å². The highest BCUT2D eigenvalue weighted by Gasteiger charge is 2.93. The van der Waals surface area contributed by atoms with E-state index in [0.717, 1.165) is 0 Å². The molecule has 168 valence electrons. The normalized spacial score (nSPS) is 16.9. The first kappa shape index (κ1) is 26.3. The summed E-state index contributed by atoms with van der Waals surface area (Å²) in [6, 6.07) is 0. The average Bonchev–Trinajstić information content (AvgIpc) is 2.43. The molecule has 2 nitrogen and oxygen atoms in total. The van der Waals surface area contributed by atoms with Gasteiger partial charge in [-0.15, -0.1) is 0 Å². The highest BCUT2D eigenvalue weighted by Crippen LogP contribution is 2.62. The van der Waals surface area contributed by atoms with Crippen LogP contribution in [0.2, 0.25) is 0 Å². The van der Waals surface area contributed by atoms with Crippen LogP contribution < -0.4 is 0 Å². The Bertz CT molecular complexity index is 591. The van der Waals surface area contributed by atoms with Crippen molar-refractivity contribution in [3.8, 4) is 0 Å². The predicted molar refractivity (Wildman–Crippen MR) is 52.9 cm³/mol. The molecule has 1 unspecified atom stereocenters. The van der Waals surface area contributed by atoms with E-state index in [0.29, 0.717) is 0 Å². The molecule has 0 aliphatic heterocycles. The monoisotopic (exact) mass is 460 g/mol. The third-order valence-corrected chi connectivity index (χ3v) is 3.10. The Morgan fingerprint density at radius 2 is 0.893 bits per heavy atom. The molecule has 0 aliphatic rings. The Balaban J connectivity index is 6.51. The maximum Gasteiger partial charge on any atom is 0.460 e. The summed E-state index contributed by atoms with van der Waals surface area (Å²) in [5.74, 6) is -51.5. The summed E-state index contributed by atoms with van der Waals surface area (Å²) in [5.41, 5.74) is 0. The van der Waals surface area contributed by atoms with Crippen LogP contribution in [0.3, 0.4) is 0 Å². The number of halogens is 16. The number of hydrogen-bond acceptors (Lipinski definition) is 1. The number of carboxylic acid groups (broad SMARTS) is 1. The van der Waals surface area contributed by atoms with Gasteiger partial charge in [-0.05, 0) is 0 Å². The van der Waals surface area contributed by atoms with Crippen molar-refractivity contribution in [2.45, 2.75) is 54.3 Å². The Morgan fingerprint density at radius 1 is 0.607 bits per heavy atom. The van der Waals surface area contributed by atoms with Gasteiger partial charge in [0, 0.05) is 0 Å². The first-order valence-corrected chi connectivity index (χ1v) is 6.03. The zero-order valence-corrected chi connectivity index (χ0v) is 12.2. The van der Waals surface area contributed by atoms with Gasteiger partial charge in [-0.25, -0.2) is 4.39 Å². The van der Waals surface area contributed by atoms with Crippen molar-refractivity contribution >= 4 is 5.97 Å². The number of rotatable bonds is 8. The largest absolute Gasteiger partial charge is 0.481 e. The molecule has 0 aromatic heterocycles. The van der Waals surface area contributed by atoms with E-state index < -0.39 is 60.3 Å². The number of hydrogen-bond donors (Lipinski definition) is 1. The minimum atomic E-state index is -8.53. The molecule has 0 bridgehead atoms. The molecule has 1 N–H and O–H groups in total. The summed E-state index contributed by atoms with van der Waals surface area (Å²) in [6.07, 6.45) is -15.5. The van der Waals surface area contributed by atoms with Gasteiger partial charge >= 0.3 is 47.7 Å².